The van der Waals surface area contributed by atoms with Crippen LogP contribution in [0.3, 0.4) is 0 Å². The van der Waals surface area contributed by atoms with E-state index in [2.05, 4.69) is 42.3 Å². The summed E-state index contributed by atoms with van der Waals surface area (Å²) in [5, 5.41) is 4.05. The summed E-state index contributed by atoms with van der Waals surface area (Å²) in [4.78, 5) is 2.32. The summed E-state index contributed by atoms with van der Waals surface area (Å²) >= 11 is 6.42. The number of halogens is 1. The number of rotatable bonds is 3. The SMILES string of the molecule is CNC(C)c1ccc(N2CCOCC2C)c(Cl)c1. The molecule has 2 unspecified atom stereocenters. The molecule has 2 rings (SSSR count). The number of nitrogens with one attached hydrogen (secondary N) is 1. The molecule has 0 radical (unpaired) electrons. The predicted octanol–water partition coefficient (Wildman–Crippen LogP) is 2.85. The van der Waals surface area contributed by atoms with Crippen molar-refractivity contribution in [2.45, 2.75) is 25.9 Å². The zero-order chi connectivity index (χ0) is 13.1. The summed E-state index contributed by atoms with van der Waals surface area (Å²) < 4.78 is 5.46. The predicted molar refractivity (Wildman–Crippen MR) is 76.6 cm³/mol. The molecule has 1 aliphatic heterocycles. The van der Waals surface area contributed by atoms with Crippen LogP contribution in [-0.2, 0) is 4.74 Å². The maximum Gasteiger partial charge on any atom is 0.0668 e. The van der Waals surface area contributed by atoms with E-state index >= 15 is 0 Å². The first-order valence-corrected chi connectivity index (χ1v) is 6.82. The van der Waals surface area contributed by atoms with E-state index in [-0.39, 0.29) is 0 Å². The van der Waals surface area contributed by atoms with E-state index in [1.807, 2.05) is 7.05 Å². The maximum absolute atomic E-state index is 6.42. The van der Waals surface area contributed by atoms with Crippen molar-refractivity contribution in [1.82, 2.24) is 5.32 Å². The lowest BCUT2D eigenvalue weighted by Gasteiger charge is -2.36. The largest absolute Gasteiger partial charge is 0.377 e. The minimum atomic E-state index is 0.318. The van der Waals surface area contributed by atoms with Gasteiger partial charge in [-0.05, 0) is 38.6 Å². The number of hydrogen-bond donors (Lipinski definition) is 1. The molecule has 1 aromatic carbocycles. The van der Waals surface area contributed by atoms with Crippen LogP contribution in [0.1, 0.15) is 25.5 Å². The average Bonchev–Trinajstić information content (AvgIpc) is 2.39. The lowest BCUT2D eigenvalue weighted by atomic mass is 10.1. The third-order valence-corrected chi connectivity index (χ3v) is 3.88. The lowest BCUT2D eigenvalue weighted by molar-refractivity contribution is 0.0989. The molecule has 1 saturated heterocycles. The van der Waals surface area contributed by atoms with Crippen molar-refractivity contribution in [3.63, 3.8) is 0 Å². The minimum absolute atomic E-state index is 0.318. The van der Waals surface area contributed by atoms with Crippen LogP contribution in [0.2, 0.25) is 5.02 Å². The molecule has 0 aromatic heterocycles. The smallest absolute Gasteiger partial charge is 0.0668 e. The molecule has 1 heterocycles. The first-order chi connectivity index (χ1) is 8.63. The molecule has 1 aliphatic rings. The lowest BCUT2D eigenvalue weighted by Crippen LogP contribution is -2.43. The summed E-state index contributed by atoms with van der Waals surface area (Å²) in [6.45, 7) is 6.74. The van der Waals surface area contributed by atoms with E-state index in [0.29, 0.717) is 12.1 Å². The van der Waals surface area contributed by atoms with Crippen LogP contribution < -0.4 is 10.2 Å². The number of hydrogen-bond acceptors (Lipinski definition) is 3. The summed E-state index contributed by atoms with van der Waals surface area (Å²) in [6, 6.07) is 7.01. The molecule has 0 saturated carbocycles. The topological polar surface area (TPSA) is 24.5 Å². The number of anilines is 1. The fraction of sp³-hybridized carbons (Fsp3) is 0.571. The van der Waals surface area contributed by atoms with Gasteiger partial charge < -0.3 is 15.0 Å². The van der Waals surface area contributed by atoms with Gasteiger partial charge in [-0.2, -0.15) is 0 Å². The zero-order valence-corrected chi connectivity index (χ0v) is 12.0. The zero-order valence-electron chi connectivity index (χ0n) is 11.2. The fourth-order valence-electron chi connectivity index (χ4n) is 2.28. The Morgan fingerprint density at radius 1 is 1.50 bits per heavy atom. The average molecular weight is 269 g/mol. The van der Waals surface area contributed by atoms with Crippen LogP contribution >= 0.6 is 11.6 Å². The fourth-order valence-corrected chi connectivity index (χ4v) is 2.57. The number of benzene rings is 1. The van der Waals surface area contributed by atoms with Gasteiger partial charge in [0.15, 0.2) is 0 Å². The Labute approximate surface area is 114 Å². The maximum atomic E-state index is 6.42. The molecule has 2 atom stereocenters. The highest BCUT2D eigenvalue weighted by atomic mass is 35.5. The Balaban J connectivity index is 2.23. The van der Waals surface area contributed by atoms with E-state index in [4.69, 9.17) is 16.3 Å². The Hall–Kier alpha value is -0.770. The van der Waals surface area contributed by atoms with Crippen LogP contribution in [0.25, 0.3) is 0 Å². The van der Waals surface area contributed by atoms with Gasteiger partial charge in [-0.1, -0.05) is 17.7 Å². The standard InChI is InChI=1S/C14H21ClN2O/c1-10-9-18-7-6-17(10)14-5-4-12(8-13(14)15)11(2)16-3/h4-5,8,10-11,16H,6-7,9H2,1-3H3. The highest BCUT2D eigenvalue weighted by Crippen LogP contribution is 2.31. The third-order valence-electron chi connectivity index (χ3n) is 3.58. The Kier molecular flexibility index (Phi) is 4.49. The molecule has 4 heteroatoms. The van der Waals surface area contributed by atoms with Crippen molar-refractivity contribution in [1.29, 1.82) is 0 Å². The van der Waals surface area contributed by atoms with Crippen LogP contribution in [0.4, 0.5) is 5.69 Å². The summed E-state index contributed by atoms with van der Waals surface area (Å²) in [6.07, 6.45) is 0. The second kappa shape index (κ2) is 5.91. The second-order valence-corrected chi connectivity index (χ2v) is 5.25. The number of ether oxygens (including phenoxy) is 1. The first-order valence-electron chi connectivity index (χ1n) is 6.44. The van der Waals surface area contributed by atoms with Gasteiger partial charge in [0, 0.05) is 18.6 Å². The van der Waals surface area contributed by atoms with E-state index in [1.54, 1.807) is 0 Å². The van der Waals surface area contributed by atoms with Gasteiger partial charge in [-0.25, -0.2) is 0 Å². The minimum Gasteiger partial charge on any atom is -0.377 e. The Morgan fingerprint density at radius 3 is 2.89 bits per heavy atom. The molecule has 0 aliphatic carbocycles. The molecule has 1 N–H and O–H groups in total. The molecule has 0 amide bonds. The number of nitrogens with zero attached hydrogens (tertiary/aromatic N) is 1. The van der Waals surface area contributed by atoms with E-state index in [9.17, 15) is 0 Å². The Bertz CT molecular complexity index is 411. The van der Waals surface area contributed by atoms with Crippen molar-refractivity contribution in [2.24, 2.45) is 0 Å². The van der Waals surface area contributed by atoms with E-state index in [0.717, 1.165) is 30.5 Å². The third kappa shape index (κ3) is 2.79. The summed E-state index contributed by atoms with van der Waals surface area (Å²) in [5.74, 6) is 0. The molecular weight excluding hydrogens is 248 g/mol. The van der Waals surface area contributed by atoms with Crippen molar-refractivity contribution in [3.8, 4) is 0 Å². The quantitative estimate of drug-likeness (QED) is 0.912. The van der Waals surface area contributed by atoms with Crippen LogP contribution in [-0.4, -0.2) is 32.8 Å². The van der Waals surface area contributed by atoms with Crippen LogP contribution in [0.15, 0.2) is 18.2 Å². The van der Waals surface area contributed by atoms with Crippen LogP contribution in [0, 0.1) is 0 Å². The molecule has 0 spiro atoms. The van der Waals surface area contributed by atoms with Crippen molar-refractivity contribution < 1.29 is 4.74 Å². The summed E-state index contributed by atoms with van der Waals surface area (Å²) in [5.41, 5.74) is 2.33. The Morgan fingerprint density at radius 2 is 2.28 bits per heavy atom. The van der Waals surface area contributed by atoms with Crippen molar-refractivity contribution in [2.75, 3.05) is 31.7 Å². The summed E-state index contributed by atoms with van der Waals surface area (Å²) in [7, 11) is 1.95. The van der Waals surface area contributed by atoms with Crippen molar-refractivity contribution in [3.05, 3.63) is 28.8 Å². The van der Waals surface area contributed by atoms with E-state index < -0.39 is 0 Å². The molecule has 1 fully saturated rings. The molecule has 18 heavy (non-hydrogen) atoms. The molecule has 3 nitrogen and oxygen atoms in total. The number of morpholine rings is 1. The van der Waals surface area contributed by atoms with E-state index in [1.165, 1.54) is 5.56 Å². The molecule has 0 bridgehead atoms. The molecule has 1 aromatic rings. The highest BCUT2D eigenvalue weighted by molar-refractivity contribution is 6.33. The van der Waals surface area contributed by atoms with Crippen molar-refractivity contribution >= 4 is 17.3 Å². The molecule has 100 valence electrons. The second-order valence-electron chi connectivity index (χ2n) is 4.84. The normalized spacial score (nSPS) is 22.0. The highest BCUT2D eigenvalue weighted by Gasteiger charge is 2.21. The van der Waals surface area contributed by atoms with Gasteiger partial charge in [0.25, 0.3) is 0 Å². The monoisotopic (exact) mass is 268 g/mol. The molecular formula is C14H21ClN2O. The van der Waals surface area contributed by atoms with Gasteiger partial charge >= 0.3 is 0 Å². The van der Waals surface area contributed by atoms with Gasteiger partial charge in [-0.15, -0.1) is 0 Å². The van der Waals surface area contributed by atoms with Gasteiger partial charge in [0.2, 0.25) is 0 Å². The van der Waals surface area contributed by atoms with Gasteiger partial charge in [0.1, 0.15) is 0 Å². The van der Waals surface area contributed by atoms with Gasteiger partial charge in [-0.3, -0.25) is 0 Å². The van der Waals surface area contributed by atoms with Crippen LogP contribution in [0.5, 0.6) is 0 Å². The first kappa shape index (κ1) is 13.7. The van der Waals surface area contributed by atoms with Gasteiger partial charge in [0.05, 0.1) is 23.9 Å².